The molecule has 6 heteroatoms. The predicted octanol–water partition coefficient (Wildman–Crippen LogP) is 5.57. The minimum Gasteiger partial charge on any atom is -0.244 e. The average molecular weight is 399 g/mol. The molecule has 2 heterocycles. The predicted molar refractivity (Wildman–Crippen MR) is 102 cm³/mol. The van der Waals surface area contributed by atoms with Gasteiger partial charge in [-0.1, -0.05) is 39.3 Å². The van der Waals surface area contributed by atoms with Crippen LogP contribution in [-0.2, 0) is 0 Å². The number of nitrogens with zero attached hydrogens (tertiary/aromatic N) is 4. The summed E-state index contributed by atoms with van der Waals surface area (Å²) in [6.45, 7) is 4.21. The van der Waals surface area contributed by atoms with Gasteiger partial charge < -0.3 is 0 Å². The number of benzene rings is 2. The second kappa shape index (κ2) is 6.11. The van der Waals surface area contributed by atoms with Gasteiger partial charge in [-0.05, 0) is 38.1 Å². The van der Waals surface area contributed by atoms with Gasteiger partial charge in [0.05, 0.1) is 10.4 Å². The molecule has 0 radical (unpaired) electrons. The Hall–Kier alpha value is -2.05. The molecule has 24 heavy (non-hydrogen) atoms. The molecule has 4 rings (SSSR count). The fourth-order valence-electron chi connectivity index (χ4n) is 2.65. The van der Waals surface area contributed by atoms with E-state index in [1.54, 1.807) is 11.3 Å². The van der Waals surface area contributed by atoms with E-state index < -0.39 is 0 Å². The van der Waals surface area contributed by atoms with Crippen molar-refractivity contribution in [1.29, 1.82) is 0 Å². The van der Waals surface area contributed by atoms with E-state index in [0.29, 0.717) is 6.04 Å². The molecule has 0 fully saturated rings. The van der Waals surface area contributed by atoms with Crippen LogP contribution in [0.3, 0.4) is 0 Å². The molecule has 0 unspecified atom stereocenters. The number of rotatable bonds is 3. The summed E-state index contributed by atoms with van der Waals surface area (Å²) in [5.74, 6) is 0. The molecule has 2 aromatic heterocycles. The summed E-state index contributed by atoms with van der Waals surface area (Å²) >= 11 is 5.28. The van der Waals surface area contributed by atoms with Gasteiger partial charge in [0.1, 0.15) is 10.5 Å². The van der Waals surface area contributed by atoms with Crippen molar-refractivity contribution in [1.82, 2.24) is 20.0 Å². The SMILES string of the molecule is CC(C)n1nnc2cc(-c3ncc(-c4ccccc4Br)s3)ccc21. The van der Waals surface area contributed by atoms with Crippen molar-refractivity contribution < 1.29 is 0 Å². The van der Waals surface area contributed by atoms with Crippen LogP contribution in [0.15, 0.2) is 53.1 Å². The highest BCUT2D eigenvalue weighted by molar-refractivity contribution is 9.10. The van der Waals surface area contributed by atoms with Crippen LogP contribution < -0.4 is 0 Å². The van der Waals surface area contributed by atoms with E-state index in [1.807, 2.05) is 29.1 Å². The van der Waals surface area contributed by atoms with Crippen molar-refractivity contribution in [3.8, 4) is 21.0 Å². The van der Waals surface area contributed by atoms with Gasteiger partial charge in [0.2, 0.25) is 0 Å². The quantitative estimate of drug-likeness (QED) is 0.453. The summed E-state index contributed by atoms with van der Waals surface area (Å²) in [7, 11) is 0. The third-order valence-electron chi connectivity index (χ3n) is 3.85. The lowest BCUT2D eigenvalue weighted by molar-refractivity contribution is 0.530. The number of hydrogen-bond acceptors (Lipinski definition) is 4. The lowest BCUT2D eigenvalue weighted by Gasteiger charge is -2.05. The highest BCUT2D eigenvalue weighted by atomic mass is 79.9. The molecule has 4 nitrogen and oxygen atoms in total. The first-order chi connectivity index (χ1) is 11.6. The summed E-state index contributed by atoms with van der Waals surface area (Å²) in [5, 5.41) is 9.51. The van der Waals surface area contributed by atoms with Gasteiger partial charge in [-0.15, -0.1) is 16.4 Å². The summed E-state index contributed by atoms with van der Waals surface area (Å²) in [6, 6.07) is 14.7. The second-order valence-electron chi connectivity index (χ2n) is 5.84. The summed E-state index contributed by atoms with van der Waals surface area (Å²) < 4.78 is 3.02. The lowest BCUT2D eigenvalue weighted by atomic mass is 10.2. The molecule has 4 aromatic rings. The fraction of sp³-hybridized carbons (Fsp3) is 0.167. The van der Waals surface area contributed by atoms with Crippen molar-refractivity contribution in [3.63, 3.8) is 0 Å². The largest absolute Gasteiger partial charge is 0.244 e. The Kier molecular flexibility index (Phi) is 3.94. The maximum atomic E-state index is 4.60. The van der Waals surface area contributed by atoms with Crippen molar-refractivity contribution >= 4 is 38.3 Å². The molecule has 0 aliphatic carbocycles. The van der Waals surface area contributed by atoms with Crippen LogP contribution in [0, 0.1) is 0 Å². The molecule has 0 bridgehead atoms. The van der Waals surface area contributed by atoms with E-state index >= 15 is 0 Å². The minimum absolute atomic E-state index is 0.294. The third kappa shape index (κ3) is 2.65. The standard InChI is InChI=1S/C18H15BrN4S/c1-11(2)23-16-8-7-12(9-15(16)21-22-23)18-20-10-17(24-18)13-5-3-4-6-14(13)19/h3-11H,1-2H3. The molecule has 0 saturated carbocycles. The molecule has 0 atom stereocenters. The van der Waals surface area contributed by atoms with Gasteiger partial charge in [-0.2, -0.15) is 0 Å². The van der Waals surface area contributed by atoms with Crippen molar-refractivity contribution in [3.05, 3.63) is 53.1 Å². The Bertz CT molecular complexity index is 1020. The highest BCUT2D eigenvalue weighted by Crippen LogP contribution is 2.36. The van der Waals surface area contributed by atoms with Crippen molar-refractivity contribution in [2.45, 2.75) is 19.9 Å². The second-order valence-corrected chi connectivity index (χ2v) is 7.73. The number of aromatic nitrogens is 4. The van der Waals surface area contributed by atoms with Gasteiger partial charge >= 0.3 is 0 Å². The number of thiazole rings is 1. The number of halogens is 1. The van der Waals surface area contributed by atoms with Gasteiger partial charge in [0, 0.05) is 27.8 Å². The normalized spacial score (nSPS) is 11.5. The van der Waals surface area contributed by atoms with E-state index in [0.717, 1.165) is 36.5 Å². The zero-order chi connectivity index (χ0) is 16.7. The molecule has 0 spiro atoms. The van der Waals surface area contributed by atoms with E-state index in [9.17, 15) is 0 Å². The van der Waals surface area contributed by atoms with Crippen molar-refractivity contribution in [2.75, 3.05) is 0 Å². The zero-order valence-corrected chi connectivity index (χ0v) is 15.7. The Balaban J connectivity index is 1.75. The summed E-state index contributed by atoms with van der Waals surface area (Å²) in [5.41, 5.74) is 4.19. The van der Waals surface area contributed by atoms with Crippen LogP contribution in [0.1, 0.15) is 19.9 Å². The van der Waals surface area contributed by atoms with E-state index in [-0.39, 0.29) is 0 Å². The topological polar surface area (TPSA) is 43.6 Å². The monoisotopic (exact) mass is 398 g/mol. The number of fused-ring (bicyclic) bond motifs is 1. The summed E-state index contributed by atoms with van der Waals surface area (Å²) in [4.78, 5) is 5.74. The van der Waals surface area contributed by atoms with Crippen LogP contribution in [0.4, 0.5) is 0 Å². The smallest absolute Gasteiger partial charge is 0.123 e. The van der Waals surface area contributed by atoms with Crippen LogP contribution in [-0.4, -0.2) is 20.0 Å². The minimum atomic E-state index is 0.294. The van der Waals surface area contributed by atoms with Gasteiger partial charge in [0.25, 0.3) is 0 Å². The number of hydrogen-bond donors (Lipinski definition) is 0. The Morgan fingerprint density at radius 2 is 1.96 bits per heavy atom. The first-order valence-corrected chi connectivity index (χ1v) is 9.30. The van der Waals surface area contributed by atoms with Crippen LogP contribution >= 0.6 is 27.3 Å². The molecule has 120 valence electrons. The zero-order valence-electron chi connectivity index (χ0n) is 13.3. The molecule has 0 aliphatic rings. The van der Waals surface area contributed by atoms with E-state index in [2.05, 4.69) is 69.3 Å². The maximum Gasteiger partial charge on any atom is 0.123 e. The average Bonchev–Trinajstić information content (AvgIpc) is 3.21. The van der Waals surface area contributed by atoms with Crippen molar-refractivity contribution in [2.24, 2.45) is 0 Å². The van der Waals surface area contributed by atoms with Crippen LogP contribution in [0.25, 0.3) is 32.0 Å². The molecule has 2 aromatic carbocycles. The maximum absolute atomic E-state index is 4.60. The van der Waals surface area contributed by atoms with E-state index in [4.69, 9.17) is 0 Å². The Labute approximate surface area is 152 Å². The molecular weight excluding hydrogens is 384 g/mol. The third-order valence-corrected chi connectivity index (χ3v) is 5.62. The fourth-order valence-corrected chi connectivity index (χ4v) is 4.23. The van der Waals surface area contributed by atoms with E-state index in [1.165, 1.54) is 0 Å². The first-order valence-electron chi connectivity index (χ1n) is 7.69. The van der Waals surface area contributed by atoms with Crippen LogP contribution in [0.2, 0.25) is 0 Å². The van der Waals surface area contributed by atoms with Gasteiger partial charge in [-0.3, -0.25) is 0 Å². The Morgan fingerprint density at radius 3 is 2.75 bits per heavy atom. The molecule has 0 saturated heterocycles. The van der Waals surface area contributed by atoms with Gasteiger partial charge in [0.15, 0.2) is 0 Å². The summed E-state index contributed by atoms with van der Waals surface area (Å²) in [6.07, 6.45) is 1.93. The molecule has 0 aliphatic heterocycles. The first kappa shape index (κ1) is 15.5. The lowest BCUT2D eigenvalue weighted by Crippen LogP contribution is -2.02. The Morgan fingerprint density at radius 1 is 1.12 bits per heavy atom. The van der Waals surface area contributed by atoms with Crippen LogP contribution in [0.5, 0.6) is 0 Å². The molecule has 0 N–H and O–H groups in total. The molecule has 0 amide bonds. The van der Waals surface area contributed by atoms with Gasteiger partial charge in [-0.25, -0.2) is 9.67 Å². The highest BCUT2D eigenvalue weighted by Gasteiger charge is 2.12. The molecular formula is C18H15BrN4S.